The highest BCUT2D eigenvalue weighted by molar-refractivity contribution is 7.98. The summed E-state index contributed by atoms with van der Waals surface area (Å²) in [5, 5.41) is 10.00. The van der Waals surface area contributed by atoms with Gasteiger partial charge in [0.2, 0.25) is 0 Å². The standard InChI is InChI=1S/C15H19N3O3S/c1-17-7-6-16-15(17)22-10-12-4-5-13(21-12)14(20)18(8-9-19)11-2-3-11/h4-7,11,19H,2-3,8-10H2,1H3. The minimum atomic E-state index is -0.134. The van der Waals surface area contributed by atoms with Gasteiger partial charge in [-0.05, 0) is 25.0 Å². The van der Waals surface area contributed by atoms with E-state index < -0.39 is 0 Å². The van der Waals surface area contributed by atoms with Crippen LogP contribution in [0.1, 0.15) is 29.2 Å². The number of aryl methyl sites for hydroxylation is 1. The Labute approximate surface area is 133 Å². The fourth-order valence-corrected chi connectivity index (χ4v) is 3.11. The van der Waals surface area contributed by atoms with Crippen LogP contribution in [0.25, 0.3) is 0 Å². The molecule has 2 heterocycles. The predicted molar refractivity (Wildman–Crippen MR) is 82.6 cm³/mol. The maximum absolute atomic E-state index is 12.4. The summed E-state index contributed by atoms with van der Waals surface area (Å²) in [5.74, 6) is 1.58. The zero-order valence-corrected chi connectivity index (χ0v) is 13.3. The lowest BCUT2D eigenvalue weighted by atomic mass is 10.3. The Morgan fingerprint density at radius 2 is 2.36 bits per heavy atom. The van der Waals surface area contributed by atoms with Crippen LogP contribution in [0, 0.1) is 0 Å². The molecule has 7 heteroatoms. The topological polar surface area (TPSA) is 71.5 Å². The van der Waals surface area contributed by atoms with E-state index in [1.807, 2.05) is 23.9 Å². The number of rotatable bonds is 7. The molecule has 2 aromatic rings. The summed E-state index contributed by atoms with van der Waals surface area (Å²) < 4.78 is 7.60. The van der Waals surface area contributed by atoms with Gasteiger partial charge < -0.3 is 19.0 Å². The smallest absolute Gasteiger partial charge is 0.289 e. The molecule has 0 bridgehead atoms. The number of furan rings is 1. The Balaban J connectivity index is 1.62. The van der Waals surface area contributed by atoms with Crippen molar-refractivity contribution in [1.29, 1.82) is 0 Å². The SMILES string of the molecule is Cn1ccnc1SCc1ccc(C(=O)N(CCO)C2CC2)o1. The largest absolute Gasteiger partial charge is 0.455 e. The Morgan fingerprint density at radius 3 is 3.00 bits per heavy atom. The number of carbonyl (C=O) groups excluding carboxylic acids is 1. The van der Waals surface area contributed by atoms with Gasteiger partial charge in [-0.1, -0.05) is 11.8 Å². The van der Waals surface area contributed by atoms with Crippen molar-refractivity contribution in [3.05, 3.63) is 36.0 Å². The molecule has 0 aliphatic heterocycles. The molecular formula is C15H19N3O3S. The number of imidazole rings is 1. The summed E-state index contributed by atoms with van der Waals surface area (Å²) in [4.78, 5) is 18.4. The third kappa shape index (κ3) is 3.36. The van der Waals surface area contributed by atoms with E-state index in [4.69, 9.17) is 9.52 Å². The van der Waals surface area contributed by atoms with Gasteiger partial charge in [0.25, 0.3) is 5.91 Å². The zero-order chi connectivity index (χ0) is 15.5. The fourth-order valence-electron chi connectivity index (χ4n) is 2.28. The molecule has 3 rings (SSSR count). The van der Waals surface area contributed by atoms with Gasteiger partial charge in [0.05, 0.1) is 12.4 Å². The van der Waals surface area contributed by atoms with Crippen LogP contribution in [0.3, 0.4) is 0 Å². The van der Waals surface area contributed by atoms with Gasteiger partial charge in [-0.3, -0.25) is 4.79 Å². The number of aliphatic hydroxyl groups excluding tert-OH is 1. The molecule has 1 aliphatic rings. The molecule has 1 aliphatic carbocycles. The normalized spacial score (nSPS) is 14.3. The first-order chi connectivity index (χ1) is 10.7. The van der Waals surface area contributed by atoms with E-state index in [9.17, 15) is 4.79 Å². The number of hydrogen-bond acceptors (Lipinski definition) is 5. The van der Waals surface area contributed by atoms with E-state index in [1.165, 1.54) is 0 Å². The summed E-state index contributed by atoms with van der Waals surface area (Å²) in [6.07, 6.45) is 5.66. The second-order valence-electron chi connectivity index (χ2n) is 5.33. The van der Waals surface area contributed by atoms with Crippen LogP contribution >= 0.6 is 11.8 Å². The van der Waals surface area contributed by atoms with E-state index in [2.05, 4.69) is 4.98 Å². The number of nitrogens with zero attached hydrogens (tertiary/aromatic N) is 3. The van der Waals surface area contributed by atoms with Crippen molar-refractivity contribution < 1.29 is 14.3 Å². The number of aromatic nitrogens is 2. The summed E-state index contributed by atoms with van der Waals surface area (Å²) in [7, 11) is 1.94. The molecule has 0 spiro atoms. The maximum atomic E-state index is 12.4. The summed E-state index contributed by atoms with van der Waals surface area (Å²) in [6.45, 7) is 0.340. The highest BCUT2D eigenvalue weighted by Gasteiger charge is 2.33. The van der Waals surface area contributed by atoms with Gasteiger partial charge >= 0.3 is 0 Å². The molecular weight excluding hydrogens is 302 g/mol. The van der Waals surface area contributed by atoms with E-state index in [1.54, 1.807) is 28.9 Å². The van der Waals surface area contributed by atoms with Gasteiger partial charge in [0, 0.05) is 32.0 Å². The Kier molecular flexibility index (Phi) is 4.54. The molecule has 1 N–H and O–H groups in total. The monoisotopic (exact) mass is 321 g/mol. The summed E-state index contributed by atoms with van der Waals surface area (Å²) >= 11 is 1.56. The van der Waals surface area contributed by atoms with Gasteiger partial charge in [-0.2, -0.15) is 0 Å². The predicted octanol–water partition coefficient (Wildman–Crippen LogP) is 1.90. The molecule has 22 heavy (non-hydrogen) atoms. The van der Waals surface area contributed by atoms with Crippen LogP contribution in [0.4, 0.5) is 0 Å². The first kappa shape index (κ1) is 15.2. The Bertz CT molecular complexity index is 648. The number of aliphatic hydroxyl groups is 1. The molecule has 0 saturated heterocycles. The van der Waals surface area contributed by atoms with Gasteiger partial charge in [-0.25, -0.2) is 4.98 Å². The van der Waals surface area contributed by atoms with Crippen molar-refractivity contribution >= 4 is 17.7 Å². The van der Waals surface area contributed by atoms with Gasteiger partial charge in [0.1, 0.15) is 5.76 Å². The zero-order valence-electron chi connectivity index (χ0n) is 12.4. The highest BCUT2D eigenvalue weighted by Crippen LogP contribution is 2.29. The minimum Gasteiger partial charge on any atom is -0.455 e. The van der Waals surface area contributed by atoms with Crippen molar-refractivity contribution in [2.75, 3.05) is 13.2 Å². The lowest BCUT2D eigenvalue weighted by Crippen LogP contribution is -2.35. The molecule has 2 aromatic heterocycles. The molecule has 6 nitrogen and oxygen atoms in total. The van der Waals surface area contributed by atoms with Crippen molar-refractivity contribution in [1.82, 2.24) is 14.5 Å². The van der Waals surface area contributed by atoms with E-state index in [0.717, 1.165) is 23.8 Å². The lowest BCUT2D eigenvalue weighted by Gasteiger charge is -2.19. The average Bonchev–Trinajstić information content (AvgIpc) is 3.09. The Morgan fingerprint density at radius 1 is 1.55 bits per heavy atom. The molecule has 1 saturated carbocycles. The number of thioether (sulfide) groups is 1. The summed E-state index contributed by atoms with van der Waals surface area (Å²) in [5.41, 5.74) is 0. The highest BCUT2D eigenvalue weighted by atomic mass is 32.2. The third-order valence-electron chi connectivity index (χ3n) is 3.58. The number of hydrogen-bond donors (Lipinski definition) is 1. The van der Waals surface area contributed by atoms with E-state index in [-0.39, 0.29) is 18.6 Å². The van der Waals surface area contributed by atoms with Gasteiger partial charge in [-0.15, -0.1) is 0 Å². The second-order valence-corrected chi connectivity index (χ2v) is 6.27. The molecule has 0 aromatic carbocycles. The molecule has 0 atom stereocenters. The second kappa shape index (κ2) is 6.58. The third-order valence-corrected chi connectivity index (χ3v) is 4.66. The minimum absolute atomic E-state index is 0.0230. The quantitative estimate of drug-likeness (QED) is 0.789. The first-order valence-electron chi connectivity index (χ1n) is 7.29. The summed E-state index contributed by atoms with van der Waals surface area (Å²) in [6, 6.07) is 3.80. The fraction of sp³-hybridized carbons (Fsp3) is 0.467. The van der Waals surface area contributed by atoms with Gasteiger partial charge in [0.15, 0.2) is 10.9 Å². The average molecular weight is 321 g/mol. The van der Waals surface area contributed by atoms with Crippen LogP contribution in [0.2, 0.25) is 0 Å². The van der Waals surface area contributed by atoms with Crippen molar-refractivity contribution in [3.63, 3.8) is 0 Å². The van der Waals surface area contributed by atoms with Crippen LogP contribution in [0.15, 0.2) is 34.1 Å². The molecule has 118 valence electrons. The molecule has 0 unspecified atom stereocenters. The molecule has 1 fully saturated rings. The maximum Gasteiger partial charge on any atom is 0.289 e. The Hall–Kier alpha value is -1.73. The van der Waals surface area contributed by atoms with Crippen LogP contribution in [-0.2, 0) is 12.8 Å². The van der Waals surface area contributed by atoms with Crippen LogP contribution < -0.4 is 0 Å². The van der Waals surface area contributed by atoms with Crippen molar-refractivity contribution in [2.45, 2.75) is 29.8 Å². The van der Waals surface area contributed by atoms with E-state index in [0.29, 0.717) is 18.1 Å². The molecule has 1 amide bonds. The first-order valence-corrected chi connectivity index (χ1v) is 8.28. The number of amides is 1. The lowest BCUT2D eigenvalue weighted by molar-refractivity contribution is 0.0674. The van der Waals surface area contributed by atoms with Crippen molar-refractivity contribution in [3.8, 4) is 0 Å². The molecule has 0 radical (unpaired) electrons. The van der Waals surface area contributed by atoms with Crippen LogP contribution in [-0.4, -0.2) is 44.7 Å². The van der Waals surface area contributed by atoms with Crippen LogP contribution in [0.5, 0.6) is 0 Å². The van der Waals surface area contributed by atoms with Crippen molar-refractivity contribution in [2.24, 2.45) is 7.05 Å². The number of carbonyl (C=O) groups is 1. The van der Waals surface area contributed by atoms with E-state index >= 15 is 0 Å².